The molecule has 1 aliphatic rings. The van der Waals surface area contributed by atoms with E-state index in [4.69, 9.17) is 16.3 Å². The maximum Gasteiger partial charge on any atom is 0.326 e. The second-order valence-corrected chi connectivity index (χ2v) is 6.85. The van der Waals surface area contributed by atoms with Crippen LogP contribution in [0, 0.1) is 0 Å². The van der Waals surface area contributed by atoms with E-state index in [-0.39, 0.29) is 0 Å². The Kier molecular flexibility index (Phi) is 4.52. The molecule has 0 saturated carbocycles. The first kappa shape index (κ1) is 16.4. The van der Waals surface area contributed by atoms with Crippen LogP contribution in [0.3, 0.4) is 0 Å². The largest absolute Gasteiger partial charge is 0.456 e. The van der Waals surface area contributed by atoms with Crippen LogP contribution < -0.4 is 5.32 Å². The van der Waals surface area contributed by atoms with Crippen LogP contribution in [0.15, 0.2) is 12.1 Å². The van der Waals surface area contributed by atoms with Gasteiger partial charge in [0.25, 0.3) is 5.91 Å². The minimum Gasteiger partial charge on any atom is -0.456 e. The van der Waals surface area contributed by atoms with Crippen molar-refractivity contribution in [2.75, 3.05) is 13.2 Å². The van der Waals surface area contributed by atoms with Crippen molar-refractivity contribution in [3.05, 3.63) is 21.3 Å². The standard InChI is InChI=1S/C13H13ClN2O5S/c1-13(2)11(19)16(12(20)15-13)5-10(18)21-6-7(17)8-3-4-9(14)22-8/h3-4H,5-6H2,1-2H3,(H,15,20). The molecule has 2 rings (SSSR count). The zero-order valence-corrected chi connectivity index (χ0v) is 13.4. The number of imide groups is 1. The summed E-state index contributed by atoms with van der Waals surface area (Å²) in [5.74, 6) is -1.76. The van der Waals surface area contributed by atoms with Gasteiger partial charge in [-0.05, 0) is 26.0 Å². The first-order valence-electron chi connectivity index (χ1n) is 6.29. The Labute approximate surface area is 135 Å². The number of urea groups is 1. The minimum atomic E-state index is -1.05. The molecule has 2 heterocycles. The van der Waals surface area contributed by atoms with Gasteiger partial charge in [0.2, 0.25) is 5.78 Å². The van der Waals surface area contributed by atoms with Crippen molar-refractivity contribution < 1.29 is 23.9 Å². The van der Waals surface area contributed by atoms with Gasteiger partial charge in [-0.2, -0.15) is 0 Å². The Hall–Kier alpha value is -1.93. The van der Waals surface area contributed by atoms with E-state index in [2.05, 4.69) is 5.32 Å². The van der Waals surface area contributed by atoms with Crippen molar-refractivity contribution in [3.8, 4) is 0 Å². The number of amides is 3. The summed E-state index contributed by atoms with van der Waals surface area (Å²) in [4.78, 5) is 48.0. The van der Waals surface area contributed by atoms with Crippen LogP contribution in [0.2, 0.25) is 4.34 Å². The van der Waals surface area contributed by atoms with E-state index < -0.39 is 42.4 Å². The Morgan fingerprint density at radius 2 is 2.05 bits per heavy atom. The molecule has 1 aliphatic heterocycles. The second kappa shape index (κ2) is 6.05. The van der Waals surface area contributed by atoms with Gasteiger partial charge in [-0.25, -0.2) is 4.79 Å². The summed E-state index contributed by atoms with van der Waals surface area (Å²) in [6, 6.07) is 2.43. The molecule has 1 saturated heterocycles. The van der Waals surface area contributed by atoms with Crippen LogP contribution >= 0.6 is 22.9 Å². The molecule has 0 bridgehead atoms. The topological polar surface area (TPSA) is 92.8 Å². The van der Waals surface area contributed by atoms with E-state index in [1.54, 1.807) is 6.07 Å². The molecule has 0 spiro atoms. The van der Waals surface area contributed by atoms with Crippen LogP contribution in [-0.4, -0.2) is 47.3 Å². The number of esters is 1. The zero-order valence-electron chi connectivity index (χ0n) is 11.8. The molecule has 0 atom stereocenters. The SMILES string of the molecule is CC1(C)NC(=O)N(CC(=O)OCC(=O)c2ccc(Cl)s2)C1=O. The van der Waals surface area contributed by atoms with Crippen LogP contribution in [0.5, 0.6) is 0 Å². The minimum absolute atomic E-state index is 0.369. The fourth-order valence-electron chi connectivity index (χ4n) is 1.82. The number of ketones is 1. The number of nitrogens with zero attached hydrogens (tertiary/aromatic N) is 1. The van der Waals surface area contributed by atoms with Crippen LogP contribution in [0.4, 0.5) is 4.79 Å². The van der Waals surface area contributed by atoms with Crippen molar-refractivity contribution in [2.45, 2.75) is 19.4 Å². The molecule has 0 radical (unpaired) electrons. The first-order valence-corrected chi connectivity index (χ1v) is 7.48. The highest BCUT2D eigenvalue weighted by Gasteiger charge is 2.45. The summed E-state index contributed by atoms with van der Waals surface area (Å²) < 4.78 is 5.25. The molecule has 0 unspecified atom stereocenters. The highest BCUT2D eigenvalue weighted by molar-refractivity contribution is 7.18. The summed E-state index contributed by atoms with van der Waals surface area (Å²) in [5.41, 5.74) is -1.05. The Morgan fingerprint density at radius 1 is 1.36 bits per heavy atom. The lowest BCUT2D eigenvalue weighted by Crippen LogP contribution is -2.41. The van der Waals surface area contributed by atoms with E-state index in [0.717, 1.165) is 16.2 Å². The number of Topliss-reactive ketones (excluding diaryl/α,β-unsaturated/α-hetero) is 1. The average molecular weight is 345 g/mol. The Balaban J connectivity index is 1.87. The van der Waals surface area contributed by atoms with Crippen molar-refractivity contribution in [2.24, 2.45) is 0 Å². The van der Waals surface area contributed by atoms with Gasteiger partial charge < -0.3 is 10.1 Å². The maximum absolute atomic E-state index is 11.9. The van der Waals surface area contributed by atoms with E-state index in [9.17, 15) is 19.2 Å². The molecule has 1 N–H and O–H groups in total. The van der Waals surface area contributed by atoms with Gasteiger partial charge >= 0.3 is 12.0 Å². The molecule has 118 valence electrons. The normalized spacial score (nSPS) is 16.6. The van der Waals surface area contributed by atoms with E-state index in [1.165, 1.54) is 19.9 Å². The lowest BCUT2D eigenvalue weighted by molar-refractivity contribution is -0.146. The third kappa shape index (κ3) is 3.45. The van der Waals surface area contributed by atoms with Gasteiger partial charge in [-0.15, -0.1) is 11.3 Å². The Bertz CT molecular complexity index is 655. The zero-order chi connectivity index (χ0) is 16.5. The molecule has 1 aromatic heterocycles. The van der Waals surface area contributed by atoms with Crippen molar-refractivity contribution in [1.82, 2.24) is 10.2 Å². The van der Waals surface area contributed by atoms with Gasteiger partial charge in [0.05, 0.1) is 9.21 Å². The van der Waals surface area contributed by atoms with Gasteiger partial charge in [0, 0.05) is 0 Å². The summed E-state index contributed by atoms with van der Waals surface area (Å²) in [6.45, 7) is 2.06. The van der Waals surface area contributed by atoms with Crippen LogP contribution in [-0.2, 0) is 14.3 Å². The monoisotopic (exact) mass is 344 g/mol. The highest BCUT2D eigenvalue weighted by atomic mass is 35.5. The summed E-state index contributed by atoms with van der Waals surface area (Å²) in [6.07, 6.45) is 0. The molecular weight excluding hydrogens is 332 g/mol. The molecule has 1 fully saturated rings. The molecule has 22 heavy (non-hydrogen) atoms. The van der Waals surface area contributed by atoms with E-state index in [1.807, 2.05) is 0 Å². The fourth-order valence-corrected chi connectivity index (χ4v) is 2.78. The molecule has 1 aromatic rings. The lowest BCUT2D eigenvalue weighted by Gasteiger charge is -2.15. The summed E-state index contributed by atoms with van der Waals surface area (Å²) in [5, 5.41) is 2.44. The van der Waals surface area contributed by atoms with Gasteiger partial charge in [0.15, 0.2) is 6.61 Å². The number of nitrogens with one attached hydrogen (secondary N) is 1. The van der Waals surface area contributed by atoms with E-state index >= 15 is 0 Å². The lowest BCUT2D eigenvalue weighted by atomic mass is 10.1. The Morgan fingerprint density at radius 3 is 2.55 bits per heavy atom. The average Bonchev–Trinajstić information content (AvgIpc) is 2.94. The third-order valence-corrected chi connectivity index (χ3v) is 4.22. The molecule has 0 aromatic carbocycles. The van der Waals surface area contributed by atoms with Gasteiger partial charge in [-0.1, -0.05) is 11.6 Å². The van der Waals surface area contributed by atoms with Crippen LogP contribution in [0.25, 0.3) is 0 Å². The van der Waals surface area contributed by atoms with Gasteiger partial charge in [0.1, 0.15) is 12.1 Å². The molecule has 9 heteroatoms. The molecular formula is C13H13ClN2O5S. The number of thiophene rings is 1. The van der Waals surface area contributed by atoms with Crippen molar-refractivity contribution in [1.29, 1.82) is 0 Å². The smallest absolute Gasteiger partial charge is 0.326 e. The summed E-state index contributed by atoms with van der Waals surface area (Å²) in [7, 11) is 0. The number of carbonyl (C=O) groups is 4. The first-order chi connectivity index (χ1) is 10.2. The number of rotatable bonds is 5. The number of hydrogen-bond acceptors (Lipinski definition) is 6. The fraction of sp³-hybridized carbons (Fsp3) is 0.385. The molecule has 7 nitrogen and oxygen atoms in total. The predicted octanol–water partition coefficient (Wildman–Crippen LogP) is 1.46. The third-order valence-electron chi connectivity index (χ3n) is 2.94. The van der Waals surface area contributed by atoms with Crippen LogP contribution in [0.1, 0.15) is 23.5 Å². The quantitative estimate of drug-likeness (QED) is 0.496. The summed E-state index contributed by atoms with van der Waals surface area (Å²) >= 11 is 6.79. The van der Waals surface area contributed by atoms with E-state index in [0.29, 0.717) is 9.21 Å². The van der Waals surface area contributed by atoms with Gasteiger partial charge in [-0.3, -0.25) is 19.3 Å². The number of carbonyl (C=O) groups excluding carboxylic acids is 4. The van der Waals surface area contributed by atoms with Crippen molar-refractivity contribution in [3.63, 3.8) is 0 Å². The number of halogens is 1. The number of hydrogen-bond donors (Lipinski definition) is 1. The van der Waals surface area contributed by atoms with Crippen molar-refractivity contribution >= 4 is 46.6 Å². The highest BCUT2D eigenvalue weighted by Crippen LogP contribution is 2.22. The molecule has 3 amide bonds. The molecule has 0 aliphatic carbocycles. The number of ether oxygens (including phenoxy) is 1. The predicted molar refractivity (Wildman–Crippen MR) is 78.9 cm³/mol. The maximum atomic E-state index is 11.9. The second-order valence-electron chi connectivity index (χ2n) is 5.13.